The molecule has 0 bridgehead atoms. The molecule has 1 saturated heterocycles. The summed E-state index contributed by atoms with van der Waals surface area (Å²) in [5.41, 5.74) is 0.244. The summed E-state index contributed by atoms with van der Waals surface area (Å²) < 4.78 is 5.64. The maximum Gasteiger partial charge on any atom is 0.335 e. The van der Waals surface area contributed by atoms with Gasteiger partial charge >= 0.3 is 5.97 Å². The number of ether oxygens (including phenoxy) is 1. The molecule has 1 aliphatic heterocycles. The van der Waals surface area contributed by atoms with Crippen molar-refractivity contribution in [1.82, 2.24) is 4.90 Å². The second-order valence-electron chi connectivity index (χ2n) is 5.50. The van der Waals surface area contributed by atoms with Crippen LogP contribution in [-0.4, -0.2) is 53.9 Å². The van der Waals surface area contributed by atoms with Gasteiger partial charge in [-0.2, -0.15) is 0 Å². The molecule has 2 rings (SSSR count). The van der Waals surface area contributed by atoms with Crippen molar-refractivity contribution < 1.29 is 19.7 Å². The zero-order valence-electron chi connectivity index (χ0n) is 12.2. The Balaban J connectivity index is 1.76. The lowest BCUT2D eigenvalue weighted by atomic mass is 9.95. The van der Waals surface area contributed by atoms with Gasteiger partial charge in [0.1, 0.15) is 12.4 Å². The lowest BCUT2D eigenvalue weighted by Gasteiger charge is -2.32. The molecule has 1 unspecified atom stereocenters. The number of carbonyl (C=O) groups is 1. The van der Waals surface area contributed by atoms with E-state index in [0.717, 1.165) is 26.1 Å². The van der Waals surface area contributed by atoms with Crippen LogP contribution in [0.15, 0.2) is 24.3 Å². The third kappa shape index (κ3) is 5.02. The molecule has 1 aromatic rings. The fraction of sp³-hybridized carbons (Fsp3) is 0.562. The van der Waals surface area contributed by atoms with E-state index >= 15 is 0 Å². The first-order valence-electron chi connectivity index (χ1n) is 7.48. The molecule has 0 saturated carbocycles. The van der Waals surface area contributed by atoms with Gasteiger partial charge < -0.3 is 14.9 Å². The average Bonchev–Trinajstić information content (AvgIpc) is 2.48. The molecule has 0 aliphatic carbocycles. The molecular formula is C16H23NO4. The van der Waals surface area contributed by atoms with Crippen molar-refractivity contribution >= 4 is 5.97 Å². The van der Waals surface area contributed by atoms with Gasteiger partial charge in [0.25, 0.3) is 0 Å². The summed E-state index contributed by atoms with van der Waals surface area (Å²) in [6, 6.07) is 6.57. The summed E-state index contributed by atoms with van der Waals surface area (Å²) in [4.78, 5) is 13.2. The summed E-state index contributed by atoms with van der Waals surface area (Å²) in [7, 11) is 0. The van der Waals surface area contributed by atoms with Gasteiger partial charge in [0.05, 0.1) is 5.56 Å². The Labute approximate surface area is 125 Å². The molecule has 0 spiro atoms. The minimum atomic E-state index is -0.941. The largest absolute Gasteiger partial charge is 0.492 e. The quantitative estimate of drug-likeness (QED) is 0.803. The maximum atomic E-state index is 10.9. The number of nitrogens with zero attached hydrogens (tertiary/aromatic N) is 1. The molecule has 5 nitrogen and oxygen atoms in total. The standard InChI is InChI=1S/C16H23NO4/c18-9-6-13-3-2-7-17(12-13)8-10-21-15-5-1-4-14(11-15)16(19)20/h1,4-5,11,13,18H,2-3,6-10,12H2,(H,19,20). The highest BCUT2D eigenvalue weighted by atomic mass is 16.5. The third-order valence-corrected chi connectivity index (χ3v) is 3.90. The Kier molecular flexibility index (Phi) is 6.02. The van der Waals surface area contributed by atoms with Crippen LogP contribution in [0.2, 0.25) is 0 Å². The summed E-state index contributed by atoms with van der Waals surface area (Å²) in [6.45, 7) is 3.73. The van der Waals surface area contributed by atoms with Crippen LogP contribution in [0.1, 0.15) is 29.6 Å². The van der Waals surface area contributed by atoms with Crippen molar-refractivity contribution in [2.75, 3.05) is 32.8 Å². The van der Waals surface area contributed by atoms with Crippen LogP contribution in [0.5, 0.6) is 5.75 Å². The van der Waals surface area contributed by atoms with E-state index in [2.05, 4.69) is 4.90 Å². The maximum absolute atomic E-state index is 10.9. The number of rotatable bonds is 7. The van der Waals surface area contributed by atoms with Crippen LogP contribution in [0.3, 0.4) is 0 Å². The lowest BCUT2D eigenvalue weighted by Crippen LogP contribution is -2.38. The van der Waals surface area contributed by atoms with Crippen LogP contribution in [0.4, 0.5) is 0 Å². The molecule has 21 heavy (non-hydrogen) atoms. The number of hydrogen-bond acceptors (Lipinski definition) is 4. The number of aromatic carboxylic acids is 1. The molecule has 5 heteroatoms. The minimum Gasteiger partial charge on any atom is -0.492 e. The number of carboxylic acids is 1. The first-order valence-corrected chi connectivity index (χ1v) is 7.48. The topological polar surface area (TPSA) is 70.0 Å². The second-order valence-corrected chi connectivity index (χ2v) is 5.50. The smallest absolute Gasteiger partial charge is 0.335 e. The molecular weight excluding hydrogens is 270 g/mol. The van der Waals surface area contributed by atoms with E-state index in [1.54, 1.807) is 24.3 Å². The second kappa shape index (κ2) is 8.00. The van der Waals surface area contributed by atoms with E-state index < -0.39 is 5.97 Å². The van der Waals surface area contributed by atoms with E-state index in [1.807, 2.05) is 0 Å². The number of carboxylic acid groups (broad SMARTS) is 1. The van der Waals surface area contributed by atoms with Crippen LogP contribution in [0, 0.1) is 5.92 Å². The monoisotopic (exact) mass is 293 g/mol. The third-order valence-electron chi connectivity index (χ3n) is 3.90. The van der Waals surface area contributed by atoms with Gasteiger partial charge in [-0.3, -0.25) is 4.90 Å². The molecule has 0 aromatic heterocycles. The van der Waals surface area contributed by atoms with Gasteiger partial charge in [0, 0.05) is 19.7 Å². The van der Waals surface area contributed by atoms with Crippen molar-refractivity contribution in [1.29, 1.82) is 0 Å². The van der Waals surface area contributed by atoms with Crippen molar-refractivity contribution in [3.63, 3.8) is 0 Å². The molecule has 1 aliphatic rings. The Hall–Kier alpha value is -1.59. The van der Waals surface area contributed by atoms with E-state index in [9.17, 15) is 4.79 Å². The normalized spacial score (nSPS) is 19.4. The molecule has 0 radical (unpaired) electrons. The summed E-state index contributed by atoms with van der Waals surface area (Å²) in [5, 5.41) is 17.9. The molecule has 0 amide bonds. The predicted molar refractivity (Wildman–Crippen MR) is 79.8 cm³/mol. The van der Waals surface area contributed by atoms with Crippen molar-refractivity contribution in [2.24, 2.45) is 5.92 Å². The highest BCUT2D eigenvalue weighted by molar-refractivity contribution is 5.87. The van der Waals surface area contributed by atoms with Crippen molar-refractivity contribution in [3.05, 3.63) is 29.8 Å². The summed E-state index contributed by atoms with van der Waals surface area (Å²) in [5.74, 6) is 0.237. The molecule has 1 fully saturated rings. The highest BCUT2D eigenvalue weighted by Crippen LogP contribution is 2.19. The van der Waals surface area contributed by atoms with E-state index in [-0.39, 0.29) is 12.2 Å². The van der Waals surface area contributed by atoms with Crippen LogP contribution < -0.4 is 4.74 Å². The molecule has 1 heterocycles. The summed E-state index contributed by atoms with van der Waals surface area (Å²) >= 11 is 0. The molecule has 1 atom stereocenters. The zero-order valence-corrected chi connectivity index (χ0v) is 12.2. The molecule has 1 aromatic carbocycles. The fourth-order valence-electron chi connectivity index (χ4n) is 2.78. The Morgan fingerprint density at radius 1 is 1.43 bits per heavy atom. The van der Waals surface area contributed by atoms with Gasteiger partial charge in [-0.15, -0.1) is 0 Å². The zero-order chi connectivity index (χ0) is 15.1. The van der Waals surface area contributed by atoms with Gasteiger partial charge in [0.15, 0.2) is 0 Å². The first kappa shape index (κ1) is 15.8. The Morgan fingerprint density at radius 3 is 3.05 bits per heavy atom. The van der Waals surface area contributed by atoms with Crippen LogP contribution in [0.25, 0.3) is 0 Å². The number of aliphatic hydroxyl groups excluding tert-OH is 1. The molecule has 116 valence electrons. The predicted octanol–water partition coefficient (Wildman–Crippen LogP) is 1.86. The fourth-order valence-corrected chi connectivity index (χ4v) is 2.78. The van der Waals surface area contributed by atoms with Crippen molar-refractivity contribution in [3.8, 4) is 5.75 Å². The number of benzene rings is 1. The molecule has 2 N–H and O–H groups in total. The minimum absolute atomic E-state index is 0.244. The number of aliphatic hydroxyl groups is 1. The highest BCUT2D eigenvalue weighted by Gasteiger charge is 2.19. The van der Waals surface area contributed by atoms with Crippen molar-refractivity contribution in [2.45, 2.75) is 19.3 Å². The Morgan fingerprint density at radius 2 is 2.29 bits per heavy atom. The average molecular weight is 293 g/mol. The van der Waals surface area contributed by atoms with Crippen LogP contribution in [-0.2, 0) is 0 Å². The first-order chi connectivity index (χ1) is 10.2. The number of piperidine rings is 1. The SMILES string of the molecule is O=C(O)c1cccc(OCCN2CCCC(CCO)C2)c1. The van der Waals surface area contributed by atoms with Gasteiger partial charge in [-0.1, -0.05) is 6.07 Å². The number of likely N-dealkylation sites (tertiary alicyclic amines) is 1. The van der Waals surface area contributed by atoms with Gasteiger partial charge in [0.2, 0.25) is 0 Å². The van der Waals surface area contributed by atoms with Gasteiger partial charge in [-0.25, -0.2) is 4.79 Å². The van der Waals surface area contributed by atoms with Crippen LogP contribution >= 0.6 is 0 Å². The number of hydrogen-bond donors (Lipinski definition) is 2. The van der Waals surface area contributed by atoms with E-state index in [1.165, 1.54) is 12.8 Å². The lowest BCUT2D eigenvalue weighted by molar-refractivity contribution is 0.0696. The van der Waals surface area contributed by atoms with E-state index in [4.69, 9.17) is 14.9 Å². The Bertz CT molecular complexity index is 461. The van der Waals surface area contributed by atoms with E-state index in [0.29, 0.717) is 18.3 Å². The summed E-state index contributed by atoms with van der Waals surface area (Å²) in [6.07, 6.45) is 3.23. The van der Waals surface area contributed by atoms with Gasteiger partial charge in [-0.05, 0) is 49.9 Å².